The highest BCUT2D eigenvalue weighted by atomic mass is 35.5. The van der Waals surface area contributed by atoms with Gasteiger partial charge in [-0.15, -0.1) is 0 Å². The summed E-state index contributed by atoms with van der Waals surface area (Å²) in [7, 11) is -3.06. The van der Waals surface area contributed by atoms with Crippen LogP contribution in [0.3, 0.4) is 0 Å². The van der Waals surface area contributed by atoms with Gasteiger partial charge in [0, 0.05) is 18.0 Å². The van der Waals surface area contributed by atoms with Gasteiger partial charge < -0.3 is 4.90 Å². The minimum Gasteiger partial charge on any atom is -0.335 e. The number of nitrogens with zero attached hydrogens (tertiary/aromatic N) is 2. The number of para-hydroxylation sites is 1. The third-order valence-electron chi connectivity index (χ3n) is 4.29. The molecule has 0 spiro atoms. The molecular formula is C17H19ClN2O3S. The van der Waals surface area contributed by atoms with E-state index in [1.54, 1.807) is 11.0 Å². The molecule has 2 aromatic rings. The van der Waals surface area contributed by atoms with E-state index < -0.39 is 9.84 Å². The summed E-state index contributed by atoms with van der Waals surface area (Å²) in [5.74, 6) is -0.00200. The van der Waals surface area contributed by atoms with E-state index in [1.807, 2.05) is 31.2 Å². The van der Waals surface area contributed by atoms with Gasteiger partial charge in [0.05, 0.1) is 22.6 Å². The molecule has 1 atom stereocenters. The molecule has 0 saturated carbocycles. The molecule has 24 heavy (non-hydrogen) atoms. The zero-order valence-electron chi connectivity index (χ0n) is 13.4. The second-order valence-electron chi connectivity index (χ2n) is 6.07. The van der Waals surface area contributed by atoms with Gasteiger partial charge in [0.25, 0.3) is 5.91 Å². The molecule has 2 heterocycles. The highest BCUT2D eigenvalue weighted by molar-refractivity contribution is 7.91. The summed E-state index contributed by atoms with van der Waals surface area (Å²) in [6, 6.07) is 8.63. The van der Waals surface area contributed by atoms with Crippen LogP contribution in [0.25, 0.3) is 10.9 Å². The Bertz CT molecular complexity index is 883. The van der Waals surface area contributed by atoms with Crippen molar-refractivity contribution in [3.8, 4) is 0 Å². The largest absolute Gasteiger partial charge is 0.335 e. The molecule has 0 aliphatic carbocycles. The number of carbonyl (C=O) groups is 1. The van der Waals surface area contributed by atoms with E-state index in [0.29, 0.717) is 24.0 Å². The van der Waals surface area contributed by atoms with Crippen molar-refractivity contribution in [1.82, 2.24) is 9.88 Å². The minimum absolute atomic E-state index is 0.0372. The van der Waals surface area contributed by atoms with Crippen LogP contribution in [0, 0.1) is 0 Å². The van der Waals surface area contributed by atoms with Gasteiger partial charge in [0.15, 0.2) is 9.84 Å². The first-order valence-electron chi connectivity index (χ1n) is 7.98. The van der Waals surface area contributed by atoms with Gasteiger partial charge in [-0.25, -0.2) is 13.4 Å². The number of carbonyl (C=O) groups excluding carboxylic acids is 1. The van der Waals surface area contributed by atoms with Crippen molar-refractivity contribution >= 4 is 38.2 Å². The Kier molecular flexibility index (Phi) is 4.78. The highest BCUT2D eigenvalue weighted by Gasteiger charge is 2.35. The molecule has 128 valence electrons. The van der Waals surface area contributed by atoms with Gasteiger partial charge in [-0.3, -0.25) is 4.79 Å². The Morgan fingerprint density at radius 3 is 2.79 bits per heavy atom. The zero-order valence-corrected chi connectivity index (χ0v) is 15.0. The lowest BCUT2D eigenvalue weighted by atomic mass is 10.1. The number of pyridine rings is 1. The van der Waals surface area contributed by atoms with Crippen LogP contribution in [0.15, 0.2) is 30.3 Å². The quantitative estimate of drug-likeness (QED) is 0.780. The molecule has 0 radical (unpaired) electrons. The number of benzene rings is 1. The molecule has 0 bridgehead atoms. The van der Waals surface area contributed by atoms with Crippen molar-refractivity contribution in [2.24, 2.45) is 0 Å². The standard InChI is InChI=1S/C17H19ClN2O3S/c1-2-8-20(12-7-9-24(22,23)11-12)17(21)14-10-16(18)19-15-6-4-3-5-13(14)15/h3-6,10,12H,2,7-9,11H2,1H3/t12-/m0/s1. The molecule has 0 N–H and O–H groups in total. The van der Waals surface area contributed by atoms with Crippen molar-refractivity contribution in [2.75, 3.05) is 18.1 Å². The summed E-state index contributed by atoms with van der Waals surface area (Å²) in [5, 5.41) is 0.987. The van der Waals surface area contributed by atoms with Crippen molar-refractivity contribution < 1.29 is 13.2 Å². The summed E-state index contributed by atoms with van der Waals surface area (Å²) >= 11 is 6.08. The number of fused-ring (bicyclic) bond motifs is 1. The fourth-order valence-electron chi connectivity index (χ4n) is 3.19. The van der Waals surface area contributed by atoms with Gasteiger partial charge in [-0.05, 0) is 25.0 Å². The van der Waals surface area contributed by atoms with Crippen LogP contribution in [-0.4, -0.2) is 48.3 Å². The SMILES string of the molecule is CCCN(C(=O)c1cc(Cl)nc2ccccc12)[C@H]1CCS(=O)(=O)C1. The average Bonchev–Trinajstić information content (AvgIpc) is 2.90. The Morgan fingerprint density at radius 1 is 1.38 bits per heavy atom. The lowest BCUT2D eigenvalue weighted by Gasteiger charge is -2.28. The molecule has 1 aliphatic heterocycles. The van der Waals surface area contributed by atoms with E-state index in [4.69, 9.17) is 11.6 Å². The molecule has 1 aliphatic rings. The van der Waals surface area contributed by atoms with Crippen LogP contribution in [0.2, 0.25) is 5.15 Å². The lowest BCUT2D eigenvalue weighted by Crippen LogP contribution is -2.41. The normalized spacial score (nSPS) is 19.5. The van der Waals surface area contributed by atoms with Crippen LogP contribution in [0.5, 0.6) is 0 Å². The van der Waals surface area contributed by atoms with Crippen LogP contribution in [0.1, 0.15) is 30.1 Å². The second-order valence-corrected chi connectivity index (χ2v) is 8.68. The van der Waals surface area contributed by atoms with Gasteiger partial charge >= 0.3 is 0 Å². The second kappa shape index (κ2) is 6.69. The molecule has 1 aromatic carbocycles. The molecule has 1 amide bonds. The molecule has 1 fully saturated rings. The Balaban J connectivity index is 2.02. The van der Waals surface area contributed by atoms with E-state index in [9.17, 15) is 13.2 Å². The zero-order chi connectivity index (χ0) is 17.3. The van der Waals surface area contributed by atoms with E-state index in [2.05, 4.69) is 4.98 Å². The van der Waals surface area contributed by atoms with E-state index in [1.165, 1.54) is 0 Å². The fourth-order valence-corrected chi connectivity index (χ4v) is 5.12. The molecular weight excluding hydrogens is 348 g/mol. The first kappa shape index (κ1) is 17.2. The number of amides is 1. The molecule has 0 unspecified atom stereocenters. The maximum Gasteiger partial charge on any atom is 0.254 e. The molecule has 7 heteroatoms. The van der Waals surface area contributed by atoms with E-state index in [-0.39, 0.29) is 28.6 Å². The Labute approximate surface area is 146 Å². The number of hydrogen-bond donors (Lipinski definition) is 0. The predicted molar refractivity (Wildman–Crippen MR) is 95.1 cm³/mol. The smallest absolute Gasteiger partial charge is 0.254 e. The van der Waals surface area contributed by atoms with Crippen molar-refractivity contribution in [3.05, 3.63) is 41.0 Å². The number of sulfone groups is 1. The first-order valence-corrected chi connectivity index (χ1v) is 10.2. The van der Waals surface area contributed by atoms with Crippen molar-refractivity contribution in [1.29, 1.82) is 0 Å². The third-order valence-corrected chi connectivity index (χ3v) is 6.23. The molecule has 3 rings (SSSR count). The minimum atomic E-state index is -3.06. The predicted octanol–water partition coefficient (Wildman–Crippen LogP) is 2.93. The maximum absolute atomic E-state index is 13.1. The van der Waals surface area contributed by atoms with Gasteiger partial charge in [0.1, 0.15) is 5.15 Å². The van der Waals surface area contributed by atoms with E-state index >= 15 is 0 Å². The number of aromatic nitrogens is 1. The van der Waals surface area contributed by atoms with Crippen LogP contribution in [0.4, 0.5) is 0 Å². The lowest BCUT2D eigenvalue weighted by molar-refractivity contribution is 0.0699. The van der Waals surface area contributed by atoms with Crippen LogP contribution < -0.4 is 0 Å². The average molecular weight is 367 g/mol. The van der Waals surface area contributed by atoms with E-state index in [0.717, 1.165) is 11.8 Å². The summed E-state index contributed by atoms with van der Waals surface area (Å²) in [6.45, 7) is 2.49. The Hall–Kier alpha value is -1.66. The van der Waals surface area contributed by atoms with Crippen molar-refractivity contribution in [3.63, 3.8) is 0 Å². The van der Waals surface area contributed by atoms with Crippen LogP contribution in [-0.2, 0) is 9.84 Å². The number of halogens is 1. The first-order chi connectivity index (χ1) is 11.4. The fraction of sp³-hybridized carbons (Fsp3) is 0.412. The monoisotopic (exact) mass is 366 g/mol. The van der Waals surface area contributed by atoms with Gasteiger partial charge in [-0.2, -0.15) is 0 Å². The van der Waals surface area contributed by atoms with Crippen LogP contribution >= 0.6 is 11.6 Å². The van der Waals surface area contributed by atoms with Gasteiger partial charge in [-0.1, -0.05) is 36.7 Å². The molecule has 1 saturated heterocycles. The summed E-state index contributed by atoms with van der Waals surface area (Å²) in [6.07, 6.45) is 1.25. The maximum atomic E-state index is 13.1. The molecule has 1 aromatic heterocycles. The summed E-state index contributed by atoms with van der Waals surface area (Å²) in [5.41, 5.74) is 1.13. The highest BCUT2D eigenvalue weighted by Crippen LogP contribution is 2.25. The summed E-state index contributed by atoms with van der Waals surface area (Å²) in [4.78, 5) is 19.1. The summed E-state index contributed by atoms with van der Waals surface area (Å²) < 4.78 is 23.6. The topological polar surface area (TPSA) is 67.3 Å². The molecule has 5 nitrogen and oxygen atoms in total. The Morgan fingerprint density at radius 2 is 2.12 bits per heavy atom. The third kappa shape index (κ3) is 3.39. The van der Waals surface area contributed by atoms with Gasteiger partial charge in [0.2, 0.25) is 0 Å². The number of hydrogen-bond acceptors (Lipinski definition) is 4. The van der Waals surface area contributed by atoms with Crippen molar-refractivity contribution in [2.45, 2.75) is 25.8 Å². The number of rotatable bonds is 4.